The van der Waals surface area contributed by atoms with E-state index in [2.05, 4.69) is 0 Å². The van der Waals surface area contributed by atoms with Crippen molar-refractivity contribution in [3.63, 3.8) is 0 Å². The van der Waals surface area contributed by atoms with Crippen molar-refractivity contribution in [3.8, 4) is 5.69 Å². The Morgan fingerprint density at radius 2 is 1.85 bits per heavy atom. The predicted octanol–water partition coefficient (Wildman–Crippen LogP) is 3.54. The van der Waals surface area contributed by atoms with Crippen molar-refractivity contribution >= 4 is 11.9 Å². The summed E-state index contributed by atoms with van der Waals surface area (Å²) in [6.07, 6.45) is -6.33. The molecule has 1 amide bonds. The van der Waals surface area contributed by atoms with Gasteiger partial charge in [0.15, 0.2) is 0 Å². The van der Waals surface area contributed by atoms with Crippen molar-refractivity contribution in [1.29, 1.82) is 0 Å². The smallest absolute Gasteiger partial charge is 0.391 e. The average Bonchev–Trinajstić information content (AvgIpc) is 2.80. The van der Waals surface area contributed by atoms with E-state index in [9.17, 15) is 22.8 Å². The molecule has 0 fully saturated rings. The van der Waals surface area contributed by atoms with Crippen LogP contribution in [0.2, 0.25) is 0 Å². The maximum Gasteiger partial charge on any atom is 0.391 e. The van der Waals surface area contributed by atoms with Crippen LogP contribution in [0.4, 0.5) is 13.2 Å². The van der Waals surface area contributed by atoms with Gasteiger partial charge in [0.05, 0.1) is 12.0 Å². The summed E-state index contributed by atoms with van der Waals surface area (Å²) in [7, 11) is 0. The molecule has 8 heteroatoms. The van der Waals surface area contributed by atoms with Crippen molar-refractivity contribution < 1.29 is 27.9 Å². The van der Waals surface area contributed by atoms with Crippen LogP contribution in [-0.4, -0.2) is 33.8 Å². The molecule has 0 aliphatic rings. The van der Waals surface area contributed by atoms with Gasteiger partial charge in [0.25, 0.3) is 5.91 Å². The van der Waals surface area contributed by atoms with E-state index >= 15 is 0 Å². The van der Waals surface area contributed by atoms with Gasteiger partial charge in [0.1, 0.15) is 6.04 Å². The molecule has 0 saturated carbocycles. The highest BCUT2D eigenvalue weighted by Gasteiger charge is 2.36. The highest BCUT2D eigenvalue weighted by atomic mass is 19.4. The van der Waals surface area contributed by atoms with Crippen molar-refractivity contribution in [2.24, 2.45) is 0 Å². The van der Waals surface area contributed by atoms with Crippen LogP contribution in [0.1, 0.15) is 33.7 Å². The van der Waals surface area contributed by atoms with E-state index in [1.807, 2.05) is 36.5 Å². The molecular formula is C18H19F3N2O3. The summed E-state index contributed by atoms with van der Waals surface area (Å²) < 4.78 is 39.3. The molecule has 0 aliphatic heterocycles. The van der Waals surface area contributed by atoms with Gasteiger partial charge in [-0.05, 0) is 44.5 Å². The van der Waals surface area contributed by atoms with E-state index < -0.39 is 30.5 Å². The first kappa shape index (κ1) is 19.6. The largest absolute Gasteiger partial charge is 0.480 e. The second kappa shape index (κ2) is 7.23. The molecule has 0 bridgehead atoms. The number of hydrogen-bond acceptors (Lipinski definition) is 2. The van der Waals surface area contributed by atoms with Gasteiger partial charge in [-0.1, -0.05) is 12.1 Å². The highest BCUT2D eigenvalue weighted by Crippen LogP contribution is 2.24. The first-order valence-corrected chi connectivity index (χ1v) is 7.86. The molecule has 1 aromatic carbocycles. The van der Waals surface area contributed by atoms with E-state index in [-0.39, 0.29) is 5.56 Å². The van der Waals surface area contributed by atoms with Gasteiger partial charge in [-0.15, -0.1) is 0 Å². The first-order valence-electron chi connectivity index (χ1n) is 7.86. The predicted molar refractivity (Wildman–Crippen MR) is 89.5 cm³/mol. The summed E-state index contributed by atoms with van der Waals surface area (Å²) in [6.45, 7) is 5.33. The zero-order chi connectivity index (χ0) is 19.6. The minimum atomic E-state index is -4.70. The third-order valence-corrected chi connectivity index (χ3v) is 3.97. The molecule has 1 unspecified atom stereocenters. The molecule has 0 spiro atoms. The number of amides is 1. The number of halogens is 3. The number of nitrogens with zero attached hydrogens (tertiary/aromatic N) is 1. The van der Waals surface area contributed by atoms with E-state index in [4.69, 9.17) is 5.11 Å². The summed E-state index contributed by atoms with van der Waals surface area (Å²) >= 11 is 0. The van der Waals surface area contributed by atoms with Crippen LogP contribution in [0.15, 0.2) is 30.3 Å². The third kappa shape index (κ3) is 4.44. The highest BCUT2D eigenvalue weighted by molar-refractivity contribution is 5.98. The first-order chi connectivity index (χ1) is 12.0. The number of carbonyl (C=O) groups is 2. The van der Waals surface area contributed by atoms with Crippen LogP contribution in [0.25, 0.3) is 5.69 Å². The van der Waals surface area contributed by atoms with E-state index in [0.717, 1.165) is 11.3 Å². The van der Waals surface area contributed by atoms with Gasteiger partial charge < -0.3 is 15.0 Å². The lowest BCUT2D eigenvalue weighted by Crippen LogP contribution is -2.43. The SMILES string of the molecule is Cc1cccc(-n2c(C)cc(C(=O)NC(CC(F)(F)F)C(=O)O)c2C)c1. The van der Waals surface area contributed by atoms with Crippen LogP contribution in [0, 0.1) is 20.8 Å². The van der Waals surface area contributed by atoms with Crippen molar-refractivity contribution in [2.75, 3.05) is 0 Å². The number of benzene rings is 1. The zero-order valence-electron chi connectivity index (χ0n) is 14.5. The molecule has 2 rings (SSSR count). The number of hydrogen-bond donors (Lipinski definition) is 2. The Bertz CT molecular complexity index is 841. The summed E-state index contributed by atoms with van der Waals surface area (Å²) in [4.78, 5) is 23.4. The quantitative estimate of drug-likeness (QED) is 0.848. The lowest BCUT2D eigenvalue weighted by molar-refractivity contribution is -0.157. The summed E-state index contributed by atoms with van der Waals surface area (Å²) in [5.41, 5.74) is 3.18. The fraction of sp³-hybridized carbons (Fsp3) is 0.333. The zero-order valence-corrected chi connectivity index (χ0v) is 14.5. The van der Waals surface area contributed by atoms with Crippen LogP contribution < -0.4 is 5.32 Å². The van der Waals surface area contributed by atoms with Crippen LogP contribution in [0.3, 0.4) is 0 Å². The number of rotatable bonds is 5. The maximum atomic E-state index is 12.5. The Kier molecular flexibility index (Phi) is 5.44. The van der Waals surface area contributed by atoms with E-state index in [1.165, 1.54) is 6.07 Å². The van der Waals surface area contributed by atoms with Gasteiger partial charge in [0.2, 0.25) is 0 Å². The molecule has 2 aromatic rings. The normalized spacial score (nSPS) is 12.7. The number of carboxylic acids is 1. The Morgan fingerprint density at radius 3 is 2.38 bits per heavy atom. The fourth-order valence-electron chi connectivity index (χ4n) is 2.82. The molecule has 1 heterocycles. The molecule has 0 aliphatic carbocycles. The van der Waals surface area contributed by atoms with Gasteiger partial charge in [-0.3, -0.25) is 4.79 Å². The minimum absolute atomic E-state index is 0.137. The second-order valence-corrected chi connectivity index (χ2v) is 6.14. The molecular weight excluding hydrogens is 349 g/mol. The van der Waals surface area contributed by atoms with Gasteiger partial charge in [0, 0.05) is 17.1 Å². The molecule has 0 radical (unpaired) electrons. The van der Waals surface area contributed by atoms with Crippen LogP contribution >= 0.6 is 0 Å². The molecule has 1 aromatic heterocycles. The standard InChI is InChI=1S/C18H19F3N2O3/c1-10-5-4-6-13(7-10)23-11(2)8-14(12(23)3)16(24)22-15(17(25)26)9-18(19,20)21/h4-8,15H,9H2,1-3H3,(H,22,24)(H,25,26). The Hall–Kier alpha value is -2.77. The average molecular weight is 368 g/mol. The van der Waals surface area contributed by atoms with Gasteiger partial charge in [-0.2, -0.15) is 13.2 Å². The number of carbonyl (C=O) groups excluding carboxylic acids is 1. The second-order valence-electron chi connectivity index (χ2n) is 6.14. The van der Waals surface area contributed by atoms with Crippen LogP contribution in [0.5, 0.6) is 0 Å². The fourth-order valence-corrected chi connectivity index (χ4v) is 2.82. The number of carboxylic acid groups (broad SMARTS) is 1. The summed E-state index contributed by atoms with van der Waals surface area (Å²) in [5, 5.41) is 10.9. The summed E-state index contributed by atoms with van der Waals surface area (Å²) in [5.74, 6) is -2.59. The molecule has 2 N–H and O–H groups in total. The molecule has 5 nitrogen and oxygen atoms in total. The van der Waals surface area contributed by atoms with Crippen LogP contribution in [-0.2, 0) is 4.79 Å². The number of alkyl halides is 3. The van der Waals surface area contributed by atoms with Gasteiger partial charge in [-0.25, -0.2) is 4.79 Å². The van der Waals surface area contributed by atoms with Crippen molar-refractivity contribution in [1.82, 2.24) is 9.88 Å². The molecule has 1 atom stereocenters. The van der Waals surface area contributed by atoms with Crippen molar-refractivity contribution in [3.05, 3.63) is 52.8 Å². The minimum Gasteiger partial charge on any atom is -0.480 e. The van der Waals surface area contributed by atoms with E-state index in [1.54, 1.807) is 18.4 Å². The number of aliphatic carboxylic acids is 1. The number of nitrogens with one attached hydrogen (secondary N) is 1. The Morgan fingerprint density at radius 1 is 1.19 bits per heavy atom. The molecule has 140 valence electrons. The van der Waals surface area contributed by atoms with Gasteiger partial charge >= 0.3 is 12.1 Å². The number of aromatic nitrogens is 1. The topological polar surface area (TPSA) is 71.3 Å². The molecule has 26 heavy (non-hydrogen) atoms. The monoisotopic (exact) mass is 368 g/mol. The summed E-state index contributed by atoms with van der Waals surface area (Å²) in [6, 6.07) is 7.01. The Balaban J connectivity index is 2.33. The Labute approximate surface area is 148 Å². The van der Waals surface area contributed by atoms with Crippen molar-refractivity contribution in [2.45, 2.75) is 39.4 Å². The van der Waals surface area contributed by atoms with E-state index in [0.29, 0.717) is 11.4 Å². The lowest BCUT2D eigenvalue weighted by atomic mass is 10.1. The number of aryl methyl sites for hydroxylation is 2. The maximum absolute atomic E-state index is 12.5. The lowest BCUT2D eigenvalue weighted by Gasteiger charge is -2.16. The molecule has 0 saturated heterocycles. The third-order valence-electron chi connectivity index (χ3n) is 3.97.